The summed E-state index contributed by atoms with van der Waals surface area (Å²) in [5.41, 5.74) is 5.41. The van der Waals surface area contributed by atoms with Gasteiger partial charge in [-0.2, -0.15) is 0 Å². The van der Waals surface area contributed by atoms with Crippen LogP contribution in [0.15, 0.2) is 5.16 Å². The molecule has 0 aromatic heterocycles. The fourth-order valence-electron chi connectivity index (χ4n) is 0.905. The van der Waals surface area contributed by atoms with Gasteiger partial charge in [0.2, 0.25) is 0 Å². The lowest BCUT2D eigenvalue weighted by atomic mass is 10.2. The summed E-state index contributed by atoms with van der Waals surface area (Å²) in [5.74, 6) is 0.749. The molecule has 0 aromatic carbocycles. The van der Waals surface area contributed by atoms with Crippen molar-refractivity contribution in [1.82, 2.24) is 5.32 Å². The van der Waals surface area contributed by atoms with Gasteiger partial charge in [-0.15, -0.1) is 0 Å². The van der Waals surface area contributed by atoms with Gasteiger partial charge in [0.15, 0.2) is 5.84 Å². The van der Waals surface area contributed by atoms with Crippen LogP contribution < -0.4 is 11.1 Å². The van der Waals surface area contributed by atoms with Crippen LogP contribution in [0.3, 0.4) is 0 Å². The molecule has 0 aliphatic heterocycles. The van der Waals surface area contributed by atoms with Crippen molar-refractivity contribution in [2.45, 2.75) is 19.4 Å². The molecule has 6 heteroatoms. The van der Waals surface area contributed by atoms with E-state index in [0.29, 0.717) is 12.3 Å². The van der Waals surface area contributed by atoms with E-state index in [9.17, 15) is 4.21 Å². The molecule has 0 radical (unpaired) electrons. The number of hydrogen-bond donors (Lipinski definition) is 3. The molecule has 0 spiro atoms. The molecule has 0 fully saturated rings. The Hall–Kier alpha value is -0.620. The summed E-state index contributed by atoms with van der Waals surface area (Å²) in [7, 11) is -0.805. The van der Waals surface area contributed by atoms with Crippen LogP contribution in [0, 0.1) is 0 Å². The summed E-state index contributed by atoms with van der Waals surface area (Å²) in [6.45, 7) is 2.54. The summed E-state index contributed by atoms with van der Waals surface area (Å²) in [4.78, 5) is 0. The quantitative estimate of drug-likeness (QED) is 0.237. The van der Waals surface area contributed by atoms with Gasteiger partial charge in [0, 0.05) is 29.4 Å². The number of hydrogen-bond acceptors (Lipinski definition) is 4. The molecular formula is C7H17N3O2S. The van der Waals surface area contributed by atoms with Crippen LogP contribution >= 0.6 is 0 Å². The van der Waals surface area contributed by atoms with Gasteiger partial charge >= 0.3 is 0 Å². The second kappa shape index (κ2) is 6.85. The van der Waals surface area contributed by atoms with E-state index in [2.05, 4.69) is 10.5 Å². The minimum absolute atomic E-state index is 0.131. The van der Waals surface area contributed by atoms with E-state index in [0.717, 1.165) is 6.42 Å². The molecule has 0 saturated carbocycles. The third-order valence-corrected chi connectivity index (χ3v) is 2.44. The van der Waals surface area contributed by atoms with Gasteiger partial charge in [0.25, 0.3) is 0 Å². The Morgan fingerprint density at radius 3 is 2.77 bits per heavy atom. The number of nitrogens with zero attached hydrogens (tertiary/aromatic N) is 1. The van der Waals surface area contributed by atoms with E-state index >= 15 is 0 Å². The molecular weight excluding hydrogens is 190 g/mol. The van der Waals surface area contributed by atoms with Crippen LogP contribution in [0.1, 0.15) is 13.3 Å². The van der Waals surface area contributed by atoms with Crippen LogP contribution in [0.4, 0.5) is 0 Å². The standard InChI is InChI=1S/C7H17N3O2S/c1-3-6(7(8)10-11)9-4-5-13(2)12/h6,9,11H,3-5H2,1-2H3,(H2,8,10). The SMILES string of the molecule is CCC(NCCS(C)=O)C(N)=NO. The second-order valence-electron chi connectivity index (χ2n) is 2.72. The topological polar surface area (TPSA) is 87.7 Å². The Balaban J connectivity index is 3.79. The van der Waals surface area contributed by atoms with Crippen LogP contribution in [-0.2, 0) is 10.8 Å². The fraction of sp³-hybridized carbons (Fsp3) is 0.857. The van der Waals surface area contributed by atoms with Crippen LogP contribution in [0.2, 0.25) is 0 Å². The van der Waals surface area contributed by atoms with Crippen LogP contribution in [0.25, 0.3) is 0 Å². The smallest absolute Gasteiger partial charge is 0.156 e. The van der Waals surface area contributed by atoms with Crippen molar-refractivity contribution in [2.24, 2.45) is 10.9 Å². The van der Waals surface area contributed by atoms with E-state index in [1.54, 1.807) is 6.26 Å². The van der Waals surface area contributed by atoms with Crippen molar-refractivity contribution >= 4 is 16.6 Å². The average molecular weight is 207 g/mol. The first-order valence-corrected chi connectivity index (χ1v) is 5.85. The Morgan fingerprint density at radius 2 is 2.38 bits per heavy atom. The largest absolute Gasteiger partial charge is 0.409 e. The van der Waals surface area contributed by atoms with E-state index in [1.165, 1.54) is 0 Å². The highest BCUT2D eigenvalue weighted by Crippen LogP contribution is 1.90. The predicted octanol–water partition coefficient (Wildman–Crippen LogP) is -0.520. The normalized spacial score (nSPS) is 16.9. The maximum atomic E-state index is 10.7. The first kappa shape index (κ1) is 12.4. The van der Waals surface area contributed by atoms with Crippen molar-refractivity contribution < 1.29 is 9.42 Å². The lowest BCUT2D eigenvalue weighted by Gasteiger charge is -2.14. The van der Waals surface area contributed by atoms with Gasteiger partial charge in [-0.25, -0.2) is 0 Å². The molecule has 0 aliphatic carbocycles. The van der Waals surface area contributed by atoms with E-state index < -0.39 is 10.8 Å². The van der Waals surface area contributed by atoms with Crippen molar-refractivity contribution in [3.8, 4) is 0 Å². The lowest BCUT2D eigenvalue weighted by molar-refractivity contribution is 0.314. The second-order valence-corrected chi connectivity index (χ2v) is 4.27. The minimum Gasteiger partial charge on any atom is -0.409 e. The highest BCUT2D eigenvalue weighted by molar-refractivity contribution is 7.84. The van der Waals surface area contributed by atoms with Gasteiger partial charge < -0.3 is 16.3 Å². The molecule has 78 valence electrons. The van der Waals surface area contributed by atoms with Gasteiger partial charge in [0.05, 0.1) is 6.04 Å². The molecule has 0 heterocycles. The summed E-state index contributed by atoms with van der Waals surface area (Å²) < 4.78 is 10.7. The highest BCUT2D eigenvalue weighted by atomic mass is 32.2. The highest BCUT2D eigenvalue weighted by Gasteiger charge is 2.09. The Kier molecular flexibility index (Phi) is 6.52. The average Bonchev–Trinajstić information content (AvgIpc) is 2.11. The third kappa shape index (κ3) is 5.59. The molecule has 0 aromatic rings. The maximum absolute atomic E-state index is 10.7. The van der Waals surface area contributed by atoms with Gasteiger partial charge in [-0.1, -0.05) is 12.1 Å². The fourth-order valence-corrected chi connectivity index (χ4v) is 1.31. The lowest BCUT2D eigenvalue weighted by Crippen LogP contribution is -2.42. The molecule has 13 heavy (non-hydrogen) atoms. The number of nitrogens with two attached hydrogens (primary N) is 1. The first-order valence-electron chi connectivity index (χ1n) is 4.12. The van der Waals surface area contributed by atoms with Gasteiger partial charge in [-0.3, -0.25) is 4.21 Å². The van der Waals surface area contributed by atoms with Crippen molar-refractivity contribution in [1.29, 1.82) is 0 Å². The van der Waals surface area contributed by atoms with Crippen LogP contribution in [-0.4, -0.2) is 39.8 Å². The summed E-state index contributed by atoms with van der Waals surface area (Å²) in [5, 5.41) is 14.4. The van der Waals surface area contributed by atoms with Crippen molar-refractivity contribution in [3.63, 3.8) is 0 Å². The minimum atomic E-state index is -0.805. The zero-order chi connectivity index (χ0) is 10.3. The molecule has 2 unspecified atom stereocenters. The Bertz CT molecular complexity index is 196. The van der Waals surface area contributed by atoms with Crippen molar-refractivity contribution in [3.05, 3.63) is 0 Å². The first-order chi connectivity index (χ1) is 6.11. The number of rotatable bonds is 6. The van der Waals surface area contributed by atoms with E-state index in [1.807, 2.05) is 6.92 Å². The zero-order valence-electron chi connectivity index (χ0n) is 7.99. The number of nitrogens with one attached hydrogen (secondary N) is 1. The van der Waals surface area contributed by atoms with Gasteiger partial charge in [-0.05, 0) is 6.42 Å². The summed E-state index contributed by atoms with van der Waals surface area (Å²) in [6.07, 6.45) is 2.39. The van der Waals surface area contributed by atoms with Gasteiger partial charge in [0.1, 0.15) is 0 Å². The monoisotopic (exact) mass is 207 g/mol. The Labute approximate surface area is 80.8 Å². The van der Waals surface area contributed by atoms with Crippen molar-refractivity contribution in [2.75, 3.05) is 18.6 Å². The molecule has 0 aliphatic rings. The molecule has 5 nitrogen and oxygen atoms in total. The summed E-state index contributed by atoms with van der Waals surface area (Å²) in [6, 6.07) is -0.131. The molecule has 2 atom stereocenters. The predicted molar refractivity (Wildman–Crippen MR) is 54.4 cm³/mol. The Morgan fingerprint density at radius 1 is 1.77 bits per heavy atom. The molecule has 0 amide bonds. The maximum Gasteiger partial charge on any atom is 0.156 e. The number of oxime groups is 1. The van der Waals surface area contributed by atoms with E-state index in [4.69, 9.17) is 10.9 Å². The van der Waals surface area contributed by atoms with E-state index in [-0.39, 0.29) is 11.9 Å². The molecule has 0 rings (SSSR count). The molecule has 0 bridgehead atoms. The summed E-state index contributed by atoms with van der Waals surface area (Å²) >= 11 is 0. The van der Waals surface area contributed by atoms with Crippen LogP contribution in [0.5, 0.6) is 0 Å². The third-order valence-electron chi connectivity index (χ3n) is 1.66. The zero-order valence-corrected chi connectivity index (χ0v) is 8.80. The molecule has 4 N–H and O–H groups in total. The number of amidine groups is 1. The molecule has 0 saturated heterocycles.